The fourth-order valence-electron chi connectivity index (χ4n) is 3.15. The zero-order chi connectivity index (χ0) is 26.3. The molecule has 35 heavy (non-hydrogen) atoms. The number of ether oxygens (including phenoxy) is 1. The van der Waals surface area contributed by atoms with E-state index in [4.69, 9.17) is 10.5 Å². The molecule has 1 amide bonds. The number of hydrogen-bond donors (Lipinski definition) is 3. The van der Waals surface area contributed by atoms with Crippen LogP contribution >= 0.6 is 11.9 Å². The molecule has 3 rings (SSSR count). The van der Waals surface area contributed by atoms with Crippen molar-refractivity contribution in [2.24, 2.45) is 12.8 Å². The van der Waals surface area contributed by atoms with Gasteiger partial charge in [0.15, 0.2) is 5.75 Å². The van der Waals surface area contributed by atoms with E-state index in [-0.39, 0.29) is 17.3 Å². The van der Waals surface area contributed by atoms with E-state index in [0.29, 0.717) is 11.1 Å². The second-order valence-electron chi connectivity index (χ2n) is 7.27. The van der Waals surface area contributed by atoms with Gasteiger partial charge in [-0.25, -0.2) is 4.39 Å². The SMILES string of the molecule is CC.CCSNc1cccc(Oc2c(C(N)=O)c(Nc3ccc(C)cc3F)n(C)c(=O)c2F)c1C. The molecule has 0 saturated carbocycles. The van der Waals surface area contributed by atoms with E-state index in [2.05, 4.69) is 10.0 Å². The van der Waals surface area contributed by atoms with Crippen molar-refractivity contribution in [3.63, 3.8) is 0 Å². The lowest BCUT2D eigenvalue weighted by Crippen LogP contribution is -2.28. The van der Waals surface area contributed by atoms with Crippen LogP contribution in [0.2, 0.25) is 0 Å². The first-order valence-electron chi connectivity index (χ1n) is 11.1. The number of amides is 1. The molecule has 4 N–H and O–H groups in total. The molecule has 188 valence electrons. The van der Waals surface area contributed by atoms with E-state index in [1.807, 2.05) is 26.8 Å². The van der Waals surface area contributed by atoms with Crippen LogP contribution in [-0.4, -0.2) is 16.2 Å². The maximum absolute atomic E-state index is 15.1. The Bertz CT molecular complexity index is 1280. The molecule has 0 aliphatic carbocycles. The van der Waals surface area contributed by atoms with Crippen LogP contribution in [-0.2, 0) is 7.05 Å². The van der Waals surface area contributed by atoms with Gasteiger partial charge in [0.1, 0.15) is 22.9 Å². The molecule has 1 aromatic heterocycles. The Hall–Kier alpha value is -3.53. The number of carbonyl (C=O) groups excluding carboxylic acids is 1. The Kier molecular flexibility index (Phi) is 9.70. The van der Waals surface area contributed by atoms with Gasteiger partial charge in [-0.1, -0.05) is 44.9 Å². The molecule has 1 heterocycles. The number of halogens is 2. The van der Waals surface area contributed by atoms with Gasteiger partial charge in [-0.3, -0.25) is 14.2 Å². The lowest BCUT2D eigenvalue weighted by Gasteiger charge is -2.20. The molecule has 3 aromatic rings. The van der Waals surface area contributed by atoms with Gasteiger partial charge in [0.25, 0.3) is 11.5 Å². The Labute approximate surface area is 207 Å². The number of nitrogens with two attached hydrogens (primary N) is 1. The number of nitrogens with zero attached hydrogens (tertiary/aromatic N) is 1. The van der Waals surface area contributed by atoms with Crippen molar-refractivity contribution in [3.05, 3.63) is 75.1 Å². The molecule has 2 aromatic carbocycles. The minimum atomic E-state index is -1.29. The van der Waals surface area contributed by atoms with Gasteiger partial charge in [0.05, 0.1) is 11.4 Å². The van der Waals surface area contributed by atoms with Gasteiger partial charge in [-0.2, -0.15) is 4.39 Å². The molecule has 0 bridgehead atoms. The van der Waals surface area contributed by atoms with Gasteiger partial charge in [-0.15, -0.1) is 0 Å². The standard InChI is InChI=1S/C23H24F2N4O3S.C2H6/c1-5-33-28-15-7-6-8-17(13(15)3)32-20-18(21(26)30)22(29(4)23(31)19(20)25)27-16-10-9-12(2)11-14(16)24;1-2/h6-11,27-28H,5H2,1-4H3,(H2,26,30);1-2H3. The van der Waals surface area contributed by atoms with E-state index in [9.17, 15) is 14.0 Å². The number of nitrogens with one attached hydrogen (secondary N) is 2. The molecule has 0 spiro atoms. The minimum absolute atomic E-state index is 0.0189. The summed E-state index contributed by atoms with van der Waals surface area (Å²) in [7, 11) is 1.24. The summed E-state index contributed by atoms with van der Waals surface area (Å²) in [6.07, 6.45) is 0. The molecule has 0 fully saturated rings. The molecule has 0 radical (unpaired) electrons. The molecule has 0 atom stereocenters. The molecule has 7 nitrogen and oxygen atoms in total. The monoisotopic (exact) mass is 504 g/mol. The van der Waals surface area contributed by atoms with Gasteiger partial charge in [-0.05, 0) is 43.7 Å². The number of aryl methyl sites for hydroxylation is 1. The summed E-state index contributed by atoms with van der Waals surface area (Å²) in [5.74, 6) is -2.76. The number of rotatable bonds is 8. The third kappa shape index (κ3) is 6.13. The van der Waals surface area contributed by atoms with Crippen molar-refractivity contribution in [2.45, 2.75) is 34.6 Å². The first-order valence-corrected chi connectivity index (χ1v) is 12.0. The smallest absolute Gasteiger partial charge is 0.291 e. The van der Waals surface area contributed by atoms with Crippen molar-refractivity contribution >= 4 is 35.0 Å². The molecular weight excluding hydrogens is 474 g/mol. The number of hydrogen-bond acceptors (Lipinski definition) is 6. The fourth-order valence-corrected chi connectivity index (χ4v) is 3.67. The van der Waals surface area contributed by atoms with Crippen molar-refractivity contribution in [3.8, 4) is 11.5 Å². The second kappa shape index (κ2) is 12.3. The summed E-state index contributed by atoms with van der Waals surface area (Å²) >= 11 is 1.46. The normalized spacial score (nSPS) is 10.3. The maximum atomic E-state index is 15.1. The topological polar surface area (TPSA) is 98.4 Å². The summed E-state index contributed by atoms with van der Waals surface area (Å²) in [6.45, 7) is 9.44. The number of benzene rings is 2. The summed E-state index contributed by atoms with van der Waals surface area (Å²) in [4.78, 5) is 25.0. The number of aromatic nitrogens is 1. The van der Waals surface area contributed by atoms with Crippen molar-refractivity contribution < 1.29 is 18.3 Å². The Morgan fingerprint density at radius 1 is 1.14 bits per heavy atom. The van der Waals surface area contributed by atoms with Crippen molar-refractivity contribution in [2.75, 3.05) is 15.8 Å². The second-order valence-corrected chi connectivity index (χ2v) is 8.34. The third-order valence-corrected chi connectivity index (χ3v) is 5.59. The highest BCUT2D eigenvalue weighted by molar-refractivity contribution is 8.00. The molecule has 0 aliphatic rings. The van der Waals surface area contributed by atoms with Crippen LogP contribution in [0.15, 0.2) is 41.2 Å². The number of pyridine rings is 1. The number of anilines is 3. The first-order chi connectivity index (χ1) is 16.6. The van der Waals surface area contributed by atoms with Gasteiger partial charge < -0.3 is 20.5 Å². The molecule has 0 saturated heterocycles. The van der Waals surface area contributed by atoms with Crippen LogP contribution in [0.3, 0.4) is 0 Å². The highest BCUT2D eigenvalue weighted by Gasteiger charge is 2.27. The van der Waals surface area contributed by atoms with E-state index in [0.717, 1.165) is 16.0 Å². The summed E-state index contributed by atoms with van der Waals surface area (Å²) in [6, 6.07) is 9.43. The van der Waals surface area contributed by atoms with E-state index in [1.54, 1.807) is 32.0 Å². The van der Waals surface area contributed by atoms with Gasteiger partial charge >= 0.3 is 0 Å². The molecule has 0 unspecified atom stereocenters. The average Bonchev–Trinajstić information content (AvgIpc) is 2.83. The Balaban J connectivity index is 0.00000210. The first kappa shape index (κ1) is 27.7. The van der Waals surface area contributed by atoms with E-state index < -0.39 is 34.4 Å². The van der Waals surface area contributed by atoms with Crippen molar-refractivity contribution in [1.29, 1.82) is 0 Å². The van der Waals surface area contributed by atoms with Crippen LogP contribution in [0, 0.1) is 25.5 Å². The van der Waals surface area contributed by atoms with E-state index in [1.165, 1.54) is 31.1 Å². The molecular formula is C25H30F2N4O3S. The average molecular weight is 505 g/mol. The van der Waals surface area contributed by atoms with Gasteiger partial charge in [0, 0.05) is 18.4 Å². The largest absolute Gasteiger partial charge is 0.453 e. The van der Waals surface area contributed by atoms with Crippen LogP contribution in [0.25, 0.3) is 0 Å². The van der Waals surface area contributed by atoms with Crippen LogP contribution in [0.4, 0.5) is 26.0 Å². The predicted octanol–water partition coefficient (Wildman–Crippen LogP) is 6.02. The Morgan fingerprint density at radius 3 is 2.43 bits per heavy atom. The lowest BCUT2D eigenvalue weighted by molar-refractivity contribution is 0.0997. The summed E-state index contributed by atoms with van der Waals surface area (Å²) in [5.41, 5.74) is 6.08. The quantitative estimate of drug-likeness (QED) is 0.325. The number of primary amides is 1. The van der Waals surface area contributed by atoms with Crippen LogP contribution < -0.4 is 26.1 Å². The van der Waals surface area contributed by atoms with Gasteiger partial charge in [0.2, 0.25) is 5.82 Å². The van der Waals surface area contributed by atoms with Crippen molar-refractivity contribution in [1.82, 2.24) is 4.57 Å². The molecule has 10 heteroatoms. The summed E-state index contributed by atoms with van der Waals surface area (Å²) in [5, 5.41) is 2.69. The molecule has 0 aliphatic heterocycles. The lowest BCUT2D eigenvalue weighted by atomic mass is 10.1. The Morgan fingerprint density at radius 2 is 1.83 bits per heavy atom. The summed E-state index contributed by atoms with van der Waals surface area (Å²) < 4.78 is 39.3. The third-order valence-electron chi connectivity index (χ3n) is 4.94. The number of carbonyl (C=O) groups is 1. The minimum Gasteiger partial charge on any atom is -0.453 e. The van der Waals surface area contributed by atoms with Crippen LogP contribution in [0.1, 0.15) is 42.3 Å². The predicted molar refractivity (Wildman–Crippen MR) is 139 cm³/mol. The zero-order valence-electron chi connectivity index (χ0n) is 20.6. The fraction of sp³-hybridized carbons (Fsp3) is 0.280. The zero-order valence-corrected chi connectivity index (χ0v) is 21.4. The van der Waals surface area contributed by atoms with Crippen LogP contribution in [0.5, 0.6) is 11.5 Å². The highest BCUT2D eigenvalue weighted by Crippen LogP contribution is 2.36. The highest BCUT2D eigenvalue weighted by atomic mass is 32.2. The van der Waals surface area contributed by atoms with E-state index >= 15 is 4.39 Å². The maximum Gasteiger partial charge on any atom is 0.291 e.